The molecule has 0 heterocycles. The van der Waals surface area contributed by atoms with Crippen molar-refractivity contribution < 1.29 is 4.79 Å². The number of hydrogen-bond donors (Lipinski definition) is 0. The zero-order valence-electron chi connectivity index (χ0n) is 8.52. The maximum absolute atomic E-state index is 11.1. The lowest BCUT2D eigenvalue weighted by Crippen LogP contribution is -2.31. The summed E-state index contributed by atoms with van der Waals surface area (Å²) in [6.07, 6.45) is 5.13. The van der Waals surface area contributed by atoms with Gasteiger partial charge in [0.1, 0.15) is 5.78 Å². The molecule has 1 fully saturated rings. The van der Waals surface area contributed by atoms with Crippen LogP contribution in [-0.2, 0) is 4.79 Å². The van der Waals surface area contributed by atoms with Gasteiger partial charge in [-0.15, -0.1) is 0 Å². The minimum absolute atomic E-state index is 0.472. The third-order valence-electron chi connectivity index (χ3n) is 3.73. The number of rotatable bonds is 2. The first-order valence-corrected chi connectivity index (χ1v) is 5.12. The van der Waals surface area contributed by atoms with Crippen LogP contribution in [0.25, 0.3) is 0 Å². The Kier molecular flexibility index (Phi) is 2.92. The van der Waals surface area contributed by atoms with Crippen LogP contribution in [0.2, 0.25) is 0 Å². The molecule has 0 atom stereocenters. The van der Waals surface area contributed by atoms with Crippen LogP contribution in [-0.4, -0.2) is 5.78 Å². The number of carbonyl (C=O) groups is 1. The molecule has 0 saturated heterocycles. The van der Waals surface area contributed by atoms with Crippen LogP contribution in [0.5, 0.6) is 0 Å². The Morgan fingerprint density at radius 2 is 1.83 bits per heavy atom. The summed E-state index contributed by atoms with van der Waals surface area (Å²) in [5.41, 5.74) is 0.480. The Balaban J connectivity index is 2.63. The van der Waals surface area contributed by atoms with Crippen LogP contribution in [0.15, 0.2) is 0 Å². The van der Waals surface area contributed by atoms with Gasteiger partial charge < -0.3 is 0 Å². The maximum Gasteiger partial charge on any atom is 0.132 e. The molecule has 0 aromatic rings. The minimum atomic E-state index is 0.472. The van der Waals surface area contributed by atoms with E-state index in [2.05, 4.69) is 20.8 Å². The fraction of sp³-hybridized carbons (Fsp3) is 0.909. The van der Waals surface area contributed by atoms with Crippen LogP contribution < -0.4 is 0 Å². The summed E-state index contributed by atoms with van der Waals surface area (Å²) < 4.78 is 0. The van der Waals surface area contributed by atoms with Crippen LogP contribution >= 0.6 is 0 Å². The van der Waals surface area contributed by atoms with Gasteiger partial charge in [-0.25, -0.2) is 0 Å². The fourth-order valence-corrected chi connectivity index (χ4v) is 2.37. The highest BCUT2D eigenvalue weighted by atomic mass is 16.1. The molecule has 0 N–H and O–H groups in total. The molecular formula is C11H20O. The molecule has 0 aromatic carbocycles. The molecule has 0 amide bonds. The summed E-state index contributed by atoms with van der Waals surface area (Å²) in [7, 11) is 0. The Morgan fingerprint density at radius 3 is 2.17 bits per heavy atom. The normalized spacial score (nSPS) is 23.2. The highest BCUT2D eigenvalue weighted by molar-refractivity contribution is 5.79. The molecular weight excluding hydrogens is 148 g/mol. The van der Waals surface area contributed by atoms with Gasteiger partial charge in [0.05, 0.1) is 0 Å². The standard InChI is InChI=1S/C11H20O/c1-4-11(9(2)3)7-5-10(12)6-8-11/h9H,4-8H2,1-3H3. The second kappa shape index (κ2) is 3.59. The van der Waals surface area contributed by atoms with Crippen molar-refractivity contribution in [3.05, 3.63) is 0 Å². The third-order valence-corrected chi connectivity index (χ3v) is 3.73. The van der Waals surface area contributed by atoms with Gasteiger partial charge in [-0.1, -0.05) is 27.2 Å². The van der Waals surface area contributed by atoms with Gasteiger partial charge in [0, 0.05) is 12.8 Å². The van der Waals surface area contributed by atoms with Crippen LogP contribution in [0.3, 0.4) is 0 Å². The minimum Gasteiger partial charge on any atom is -0.300 e. The van der Waals surface area contributed by atoms with E-state index in [9.17, 15) is 4.79 Å². The Hall–Kier alpha value is -0.330. The zero-order valence-corrected chi connectivity index (χ0v) is 8.52. The molecule has 1 nitrogen and oxygen atoms in total. The van der Waals surface area contributed by atoms with Crippen LogP contribution in [0.4, 0.5) is 0 Å². The number of carbonyl (C=O) groups excluding carboxylic acids is 1. The predicted molar refractivity (Wildman–Crippen MR) is 51.0 cm³/mol. The third kappa shape index (κ3) is 1.70. The van der Waals surface area contributed by atoms with Gasteiger partial charge in [0.25, 0.3) is 0 Å². The van der Waals surface area contributed by atoms with Crippen molar-refractivity contribution in [3.63, 3.8) is 0 Å². The summed E-state index contributed by atoms with van der Waals surface area (Å²) in [5, 5.41) is 0. The SMILES string of the molecule is CCC1(C(C)C)CCC(=O)CC1. The molecule has 1 rings (SSSR count). The van der Waals surface area contributed by atoms with E-state index in [1.54, 1.807) is 0 Å². The Bertz CT molecular complexity index is 160. The predicted octanol–water partition coefficient (Wildman–Crippen LogP) is 3.18. The molecule has 70 valence electrons. The highest BCUT2D eigenvalue weighted by Crippen LogP contribution is 2.43. The van der Waals surface area contributed by atoms with Gasteiger partial charge in [0.2, 0.25) is 0 Å². The molecule has 1 heteroatoms. The molecule has 0 spiro atoms. The van der Waals surface area contributed by atoms with Crippen molar-refractivity contribution >= 4 is 5.78 Å². The van der Waals surface area contributed by atoms with Crippen LogP contribution in [0, 0.1) is 11.3 Å². The van der Waals surface area contributed by atoms with E-state index >= 15 is 0 Å². The van der Waals surface area contributed by atoms with Crippen molar-refractivity contribution in [2.75, 3.05) is 0 Å². The second-order valence-corrected chi connectivity index (χ2v) is 4.41. The van der Waals surface area contributed by atoms with E-state index in [1.165, 1.54) is 6.42 Å². The summed E-state index contributed by atoms with van der Waals surface area (Å²) in [6, 6.07) is 0. The van der Waals surface area contributed by atoms with Gasteiger partial charge in [-0.3, -0.25) is 4.79 Å². The molecule has 0 radical (unpaired) electrons. The smallest absolute Gasteiger partial charge is 0.132 e. The lowest BCUT2D eigenvalue weighted by Gasteiger charge is -2.39. The number of hydrogen-bond acceptors (Lipinski definition) is 1. The largest absolute Gasteiger partial charge is 0.300 e. The molecule has 0 bridgehead atoms. The van der Waals surface area contributed by atoms with E-state index in [0.717, 1.165) is 31.6 Å². The maximum atomic E-state index is 11.1. The van der Waals surface area contributed by atoms with Gasteiger partial charge in [-0.05, 0) is 24.2 Å². The van der Waals surface area contributed by atoms with Gasteiger partial charge >= 0.3 is 0 Å². The summed E-state index contributed by atoms with van der Waals surface area (Å²) in [5.74, 6) is 1.20. The molecule has 0 unspecified atom stereocenters. The molecule has 1 aliphatic carbocycles. The first-order valence-electron chi connectivity index (χ1n) is 5.12. The van der Waals surface area contributed by atoms with E-state index in [0.29, 0.717) is 11.2 Å². The average molecular weight is 168 g/mol. The lowest BCUT2D eigenvalue weighted by molar-refractivity contribution is -0.123. The Labute approximate surface area is 75.5 Å². The van der Waals surface area contributed by atoms with Crippen molar-refractivity contribution in [2.24, 2.45) is 11.3 Å². The molecule has 1 aliphatic rings. The summed E-state index contributed by atoms with van der Waals surface area (Å²) >= 11 is 0. The van der Waals surface area contributed by atoms with E-state index in [1.807, 2.05) is 0 Å². The van der Waals surface area contributed by atoms with Crippen molar-refractivity contribution in [2.45, 2.75) is 52.9 Å². The fourth-order valence-electron chi connectivity index (χ4n) is 2.37. The van der Waals surface area contributed by atoms with Crippen molar-refractivity contribution in [1.29, 1.82) is 0 Å². The topological polar surface area (TPSA) is 17.1 Å². The van der Waals surface area contributed by atoms with E-state index in [-0.39, 0.29) is 0 Å². The summed E-state index contributed by atoms with van der Waals surface area (Å²) in [6.45, 7) is 6.84. The van der Waals surface area contributed by atoms with Crippen molar-refractivity contribution in [3.8, 4) is 0 Å². The van der Waals surface area contributed by atoms with Crippen LogP contribution in [0.1, 0.15) is 52.9 Å². The van der Waals surface area contributed by atoms with E-state index < -0.39 is 0 Å². The molecule has 1 saturated carbocycles. The van der Waals surface area contributed by atoms with Gasteiger partial charge in [-0.2, -0.15) is 0 Å². The number of Topliss-reactive ketones (excluding diaryl/α,β-unsaturated/α-hetero) is 1. The lowest BCUT2D eigenvalue weighted by atomic mass is 9.65. The molecule has 12 heavy (non-hydrogen) atoms. The quantitative estimate of drug-likeness (QED) is 0.619. The molecule has 0 aliphatic heterocycles. The highest BCUT2D eigenvalue weighted by Gasteiger charge is 2.35. The summed E-state index contributed by atoms with van der Waals surface area (Å²) in [4.78, 5) is 11.1. The van der Waals surface area contributed by atoms with Crippen molar-refractivity contribution in [1.82, 2.24) is 0 Å². The first kappa shape index (κ1) is 9.76. The molecule has 0 aromatic heterocycles. The average Bonchev–Trinajstić information content (AvgIpc) is 2.06. The first-order chi connectivity index (χ1) is 5.60. The number of ketones is 1. The monoisotopic (exact) mass is 168 g/mol. The van der Waals surface area contributed by atoms with Gasteiger partial charge in [0.15, 0.2) is 0 Å². The van der Waals surface area contributed by atoms with E-state index in [4.69, 9.17) is 0 Å². The Morgan fingerprint density at radius 1 is 1.33 bits per heavy atom. The second-order valence-electron chi connectivity index (χ2n) is 4.41. The zero-order chi connectivity index (χ0) is 9.19.